The van der Waals surface area contributed by atoms with Crippen LogP contribution in [0.2, 0.25) is 0 Å². The molecule has 0 saturated carbocycles. The van der Waals surface area contributed by atoms with Crippen molar-refractivity contribution in [1.82, 2.24) is 9.47 Å². The van der Waals surface area contributed by atoms with E-state index in [1.165, 1.54) is 21.8 Å². The first kappa shape index (κ1) is 15.0. The second-order valence-corrected chi connectivity index (χ2v) is 6.43. The Labute approximate surface area is 137 Å². The number of fused-ring (bicyclic) bond motifs is 1. The van der Waals surface area contributed by atoms with Gasteiger partial charge in [0.2, 0.25) is 0 Å². The van der Waals surface area contributed by atoms with E-state index in [-0.39, 0.29) is 11.5 Å². The molecule has 1 amide bonds. The van der Waals surface area contributed by atoms with E-state index in [1.807, 2.05) is 11.0 Å². The molecule has 0 saturated heterocycles. The van der Waals surface area contributed by atoms with Crippen LogP contribution >= 0.6 is 15.9 Å². The van der Waals surface area contributed by atoms with Gasteiger partial charge in [-0.15, -0.1) is 0 Å². The summed E-state index contributed by atoms with van der Waals surface area (Å²) in [7, 11) is 1.64. The minimum absolute atomic E-state index is 0.0768. The van der Waals surface area contributed by atoms with Gasteiger partial charge >= 0.3 is 0 Å². The normalized spacial score (nSPS) is 14.4. The zero-order valence-electron chi connectivity index (χ0n) is 12.4. The van der Waals surface area contributed by atoms with Crippen molar-refractivity contribution in [3.05, 3.63) is 68.0 Å². The summed E-state index contributed by atoms with van der Waals surface area (Å²) in [6.07, 6.45) is 1.68. The Balaban J connectivity index is 1.84. The summed E-state index contributed by atoms with van der Waals surface area (Å²) in [5.74, 6) is -0.0768. The number of amides is 1. The standard InChI is InChI=1S/C17H17BrN2O2/c1-19-15(3-2-4-16(19)21)17(22)20-9-7-12-5-6-14(18)11-13(12)8-10-20/h2-6,11H,7-10H2,1H3. The second kappa shape index (κ2) is 6.08. The fourth-order valence-electron chi connectivity index (χ4n) is 2.84. The van der Waals surface area contributed by atoms with Crippen molar-refractivity contribution >= 4 is 21.8 Å². The Morgan fingerprint density at radius 3 is 2.59 bits per heavy atom. The minimum Gasteiger partial charge on any atom is -0.337 e. The van der Waals surface area contributed by atoms with Crippen molar-refractivity contribution in [2.45, 2.75) is 12.8 Å². The summed E-state index contributed by atoms with van der Waals surface area (Å²) in [6, 6.07) is 11.1. The molecule has 1 aliphatic heterocycles. The van der Waals surface area contributed by atoms with Crippen molar-refractivity contribution in [2.24, 2.45) is 7.05 Å². The maximum absolute atomic E-state index is 12.7. The summed E-state index contributed by atoms with van der Waals surface area (Å²) >= 11 is 3.50. The van der Waals surface area contributed by atoms with Gasteiger partial charge in [0.15, 0.2) is 0 Å². The zero-order valence-corrected chi connectivity index (χ0v) is 14.0. The van der Waals surface area contributed by atoms with Gasteiger partial charge in [0, 0.05) is 30.7 Å². The lowest BCUT2D eigenvalue weighted by Gasteiger charge is -2.21. The van der Waals surface area contributed by atoms with Crippen molar-refractivity contribution in [3.63, 3.8) is 0 Å². The summed E-state index contributed by atoms with van der Waals surface area (Å²) < 4.78 is 2.48. The third-order valence-electron chi connectivity index (χ3n) is 4.16. The highest BCUT2D eigenvalue weighted by atomic mass is 79.9. The second-order valence-electron chi connectivity index (χ2n) is 5.51. The Bertz CT molecular complexity index is 782. The van der Waals surface area contributed by atoms with Crippen LogP contribution < -0.4 is 5.56 Å². The van der Waals surface area contributed by atoms with E-state index in [9.17, 15) is 9.59 Å². The highest BCUT2D eigenvalue weighted by Gasteiger charge is 2.21. The number of rotatable bonds is 1. The molecule has 22 heavy (non-hydrogen) atoms. The average Bonchev–Trinajstić information content (AvgIpc) is 2.71. The molecular weight excluding hydrogens is 344 g/mol. The Kier molecular flexibility index (Phi) is 4.16. The van der Waals surface area contributed by atoms with Gasteiger partial charge in [0.25, 0.3) is 11.5 Å². The van der Waals surface area contributed by atoms with E-state index < -0.39 is 0 Å². The molecule has 2 aromatic rings. The van der Waals surface area contributed by atoms with Crippen molar-refractivity contribution in [1.29, 1.82) is 0 Å². The van der Waals surface area contributed by atoms with Gasteiger partial charge in [0.05, 0.1) is 0 Å². The first-order chi connectivity index (χ1) is 10.6. The summed E-state index contributed by atoms with van der Waals surface area (Å²) in [5, 5.41) is 0. The molecule has 0 fully saturated rings. The lowest BCUT2D eigenvalue weighted by molar-refractivity contribution is 0.0752. The fraction of sp³-hybridized carbons (Fsp3) is 0.294. The van der Waals surface area contributed by atoms with Crippen molar-refractivity contribution < 1.29 is 4.79 Å². The third kappa shape index (κ3) is 2.86. The third-order valence-corrected chi connectivity index (χ3v) is 4.65. The molecule has 0 bridgehead atoms. The number of hydrogen-bond donors (Lipinski definition) is 0. The van der Waals surface area contributed by atoms with E-state index in [1.54, 1.807) is 19.2 Å². The quantitative estimate of drug-likeness (QED) is 0.783. The van der Waals surface area contributed by atoms with Crippen LogP contribution in [0.15, 0.2) is 45.7 Å². The van der Waals surface area contributed by atoms with Crippen molar-refractivity contribution in [3.8, 4) is 0 Å². The molecule has 0 atom stereocenters. The molecule has 2 heterocycles. The van der Waals surface area contributed by atoms with Crippen LogP contribution in [0.3, 0.4) is 0 Å². The van der Waals surface area contributed by atoms with Crippen LogP contribution in [0.25, 0.3) is 0 Å². The van der Waals surface area contributed by atoms with E-state index in [0.29, 0.717) is 18.8 Å². The summed E-state index contributed by atoms with van der Waals surface area (Å²) in [5.41, 5.74) is 2.86. The molecule has 0 radical (unpaired) electrons. The number of halogens is 1. The maximum Gasteiger partial charge on any atom is 0.270 e. The summed E-state index contributed by atoms with van der Waals surface area (Å²) in [6.45, 7) is 1.35. The molecule has 0 spiro atoms. The predicted octanol–water partition coefficient (Wildman–Crippen LogP) is 2.39. The smallest absolute Gasteiger partial charge is 0.270 e. The molecule has 0 aliphatic carbocycles. The van der Waals surface area contributed by atoms with E-state index in [0.717, 1.165) is 17.3 Å². The van der Waals surface area contributed by atoms with Crippen LogP contribution in [0, 0.1) is 0 Å². The monoisotopic (exact) mass is 360 g/mol. The van der Waals surface area contributed by atoms with Crippen LogP contribution in [0.5, 0.6) is 0 Å². The van der Waals surface area contributed by atoms with Gasteiger partial charge in [-0.3, -0.25) is 9.59 Å². The van der Waals surface area contributed by atoms with Gasteiger partial charge in [-0.1, -0.05) is 28.1 Å². The first-order valence-electron chi connectivity index (χ1n) is 7.29. The zero-order chi connectivity index (χ0) is 15.7. The van der Waals surface area contributed by atoms with E-state index in [4.69, 9.17) is 0 Å². The van der Waals surface area contributed by atoms with E-state index in [2.05, 4.69) is 28.1 Å². The Hall–Kier alpha value is -1.88. The maximum atomic E-state index is 12.7. The largest absolute Gasteiger partial charge is 0.337 e. The number of nitrogens with zero attached hydrogens (tertiary/aromatic N) is 2. The highest BCUT2D eigenvalue weighted by Crippen LogP contribution is 2.21. The number of aromatic nitrogens is 1. The van der Waals surface area contributed by atoms with Crippen LogP contribution in [0.1, 0.15) is 21.6 Å². The molecule has 4 nitrogen and oxygen atoms in total. The number of carbonyl (C=O) groups is 1. The molecular formula is C17H17BrN2O2. The van der Waals surface area contributed by atoms with Gasteiger partial charge < -0.3 is 9.47 Å². The van der Waals surface area contributed by atoms with Crippen LogP contribution in [-0.4, -0.2) is 28.5 Å². The van der Waals surface area contributed by atoms with Crippen molar-refractivity contribution in [2.75, 3.05) is 13.1 Å². The fourth-order valence-corrected chi connectivity index (χ4v) is 3.25. The van der Waals surface area contributed by atoms with Gasteiger partial charge in [0.1, 0.15) is 5.69 Å². The van der Waals surface area contributed by atoms with Gasteiger partial charge in [-0.05, 0) is 42.2 Å². The molecule has 5 heteroatoms. The Morgan fingerprint density at radius 1 is 1.09 bits per heavy atom. The summed E-state index contributed by atoms with van der Waals surface area (Å²) in [4.78, 5) is 26.2. The Morgan fingerprint density at radius 2 is 1.82 bits per heavy atom. The minimum atomic E-state index is -0.159. The number of hydrogen-bond acceptors (Lipinski definition) is 2. The number of carbonyl (C=O) groups excluding carboxylic acids is 1. The molecule has 0 N–H and O–H groups in total. The molecule has 114 valence electrons. The van der Waals surface area contributed by atoms with E-state index >= 15 is 0 Å². The molecule has 3 rings (SSSR count). The molecule has 0 unspecified atom stereocenters. The highest BCUT2D eigenvalue weighted by molar-refractivity contribution is 9.10. The lowest BCUT2D eigenvalue weighted by Crippen LogP contribution is -2.36. The van der Waals surface area contributed by atoms with Crippen LogP contribution in [0.4, 0.5) is 0 Å². The molecule has 1 aromatic heterocycles. The number of benzene rings is 1. The van der Waals surface area contributed by atoms with Gasteiger partial charge in [-0.2, -0.15) is 0 Å². The predicted molar refractivity (Wildman–Crippen MR) is 89.1 cm³/mol. The first-order valence-corrected chi connectivity index (χ1v) is 8.08. The SMILES string of the molecule is Cn1c(C(=O)N2CCc3ccc(Br)cc3CC2)cccc1=O. The van der Waals surface area contributed by atoms with Gasteiger partial charge in [-0.25, -0.2) is 0 Å². The molecule has 1 aliphatic rings. The van der Waals surface area contributed by atoms with Crippen LogP contribution in [-0.2, 0) is 19.9 Å². The lowest BCUT2D eigenvalue weighted by atomic mass is 10.0. The average molecular weight is 361 g/mol. The number of pyridine rings is 1. The topological polar surface area (TPSA) is 42.3 Å². The molecule has 1 aromatic carbocycles.